The first-order chi connectivity index (χ1) is 16.3. The van der Waals surface area contributed by atoms with Gasteiger partial charge in [-0.15, -0.1) is 0 Å². The summed E-state index contributed by atoms with van der Waals surface area (Å²) in [6.45, 7) is 4.21. The van der Waals surface area contributed by atoms with Gasteiger partial charge in [0.2, 0.25) is 0 Å². The molecule has 176 valence electrons. The monoisotopic (exact) mass is 458 g/mol. The summed E-state index contributed by atoms with van der Waals surface area (Å²) < 4.78 is 11.4. The third kappa shape index (κ3) is 4.56. The Hall–Kier alpha value is -3.60. The lowest BCUT2D eigenvalue weighted by Crippen LogP contribution is -2.42. The second-order valence-corrected chi connectivity index (χ2v) is 9.12. The van der Waals surface area contributed by atoms with Crippen molar-refractivity contribution in [2.75, 3.05) is 13.7 Å². The lowest BCUT2D eigenvalue weighted by molar-refractivity contribution is -0.150. The van der Waals surface area contributed by atoms with E-state index in [4.69, 9.17) is 9.47 Å². The molecule has 3 aromatic carbocycles. The number of aliphatic carboxylic acids is 1. The fraction of sp³-hybridized carbons (Fsp3) is 0.310. The van der Waals surface area contributed by atoms with Gasteiger partial charge in [0.05, 0.1) is 19.1 Å². The minimum absolute atomic E-state index is 0.207. The SMILES string of the molecule is COc1ccc(C(=O)C(C)C2(C(=O)O)Cc3ccccc3C2)cc1OCCc1cccc(C)c1. The molecule has 1 aliphatic rings. The van der Waals surface area contributed by atoms with E-state index in [-0.39, 0.29) is 5.78 Å². The van der Waals surface area contributed by atoms with Crippen molar-refractivity contribution in [2.24, 2.45) is 11.3 Å². The van der Waals surface area contributed by atoms with E-state index in [9.17, 15) is 14.7 Å². The van der Waals surface area contributed by atoms with Crippen LogP contribution in [0.5, 0.6) is 11.5 Å². The minimum Gasteiger partial charge on any atom is -0.493 e. The molecule has 1 unspecified atom stereocenters. The summed E-state index contributed by atoms with van der Waals surface area (Å²) >= 11 is 0. The molecule has 34 heavy (non-hydrogen) atoms. The Morgan fingerprint density at radius 3 is 2.29 bits per heavy atom. The van der Waals surface area contributed by atoms with Crippen LogP contribution in [0.15, 0.2) is 66.7 Å². The van der Waals surface area contributed by atoms with Gasteiger partial charge in [-0.3, -0.25) is 9.59 Å². The number of rotatable bonds is 9. The number of hydrogen-bond donors (Lipinski definition) is 1. The lowest BCUT2D eigenvalue weighted by atomic mass is 9.70. The van der Waals surface area contributed by atoms with E-state index in [0.717, 1.165) is 17.5 Å². The van der Waals surface area contributed by atoms with Crippen molar-refractivity contribution in [3.05, 3.63) is 94.5 Å². The molecule has 1 aliphatic carbocycles. The highest BCUT2D eigenvalue weighted by Crippen LogP contribution is 2.44. The number of fused-ring (bicyclic) bond motifs is 1. The molecule has 5 heteroatoms. The van der Waals surface area contributed by atoms with Crippen LogP contribution in [0.3, 0.4) is 0 Å². The molecule has 0 heterocycles. The molecule has 0 fully saturated rings. The van der Waals surface area contributed by atoms with E-state index in [2.05, 4.69) is 25.1 Å². The summed E-state index contributed by atoms with van der Waals surface area (Å²) in [5.74, 6) is -0.832. The molecule has 0 aliphatic heterocycles. The molecule has 1 N–H and O–H groups in total. The Kier molecular flexibility index (Phi) is 6.73. The molecule has 0 saturated carbocycles. The van der Waals surface area contributed by atoms with Crippen LogP contribution in [0.1, 0.15) is 39.5 Å². The second kappa shape index (κ2) is 9.72. The summed E-state index contributed by atoms with van der Waals surface area (Å²) in [4.78, 5) is 26.0. The van der Waals surface area contributed by atoms with Gasteiger partial charge in [0.25, 0.3) is 0 Å². The van der Waals surface area contributed by atoms with Gasteiger partial charge in [-0.2, -0.15) is 0 Å². The summed E-state index contributed by atoms with van der Waals surface area (Å²) in [6, 6.07) is 21.0. The Morgan fingerprint density at radius 1 is 0.971 bits per heavy atom. The first kappa shape index (κ1) is 23.6. The molecular formula is C29H30O5. The molecule has 0 spiro atoms. The number of ketones is 1. The van der Waals surface area contributed by atoms with Crippen LogP contribution in [-0.4, -0.2) is 30.6 Å². The van der Waals surface area contributed by atoms with Gasteiger partial charge < -0.3 is 14.6 Å². The molecule has 0 radical (unpaired) electrons. The van der Waals surface area contributed by atoms with Crippen LogP contribution in [0.2, 0.25) is 0 Å². The number of carboxylic acid groups (broad SMARTS) is 1. The molecule has 3 aromatic rings. The van der Waals surface area contributed by atoms with Crippen LogP contribution in [0.4, 0.5) is 0 Å². The number of hydrogen-bond acceptors (Lipinski definition) is 4. The summed E-state index contributed by atoms with van der Waals surface area (Å²) in [7, 11) is 1.56. The number of Topliss-reactive ketones (excluding diaryl/α,β-unsaturated/α-hetero) is 1. The zero-order valence-electron chi connectivity index (χ0n) is 19.8. The standard InChI is InChI=1S/C29H30O5/c1-19-7-6-8-21(15-19)13-14-34-26-16-22(11-12-25(26)33-3)27(30)20(2)29(28(31)32)17-23-9-4-5-10-24(23)18-29/h4-12,15-16,20H,13-14,17-18H2,1-3H3,(H,31,32). The number of ether oxygens (including phenoxy) is 2. The maximum absolute atomic E-state index is 13.5. The van der Waals surface area contributed by atoms with Crippen LogP contribution in [0.25, 0.3) is 0 Å². The van der Waals surface area contributed by atoms with Gasteiger partial charge in [0.1, 0.15) is 0 Å². The third-order valence-corrected chi connectivity index (χ3v) is 6.96. The van der Waals surface area contributed by atoms with Crippen molar-refractivity contribution < 1.29 is 24.2 Å². The van der Waals surface area contributed by atoms with Crippen LogP contribution in [0, 0.1) is 18.3 Å². The van der Waals surface area contributed by atoms with E-state index in [1.54, 1.807) is 32.2 Å². The minimum atomic E-state index is -1.16. The van der Waals surface area contributed by atoms with Crippen molar-refractivity contribution in [3.8, 4) is 11.5 Å². The Bertz CT molecular complexity index is 1190. The maximum Gasteiger partial charge on any atom is 0.311 e. The molecule has 5 nitrogen and oxygen atoms in total. The summed E-state index contributed by atoms with van der Waals surface area (Å²) in [5, 5.41) is 10.2. The van der Waals surface area contributed by atoms with Gasteiger partial charge in [-0.05, 0) is 54.7 Å². The number of aryl methyl sites for hydroxylation is 1. The molecular weight excluding hydrogens is 428 g/mol. The topological polar surface area (TPSA) is 72.8 Å². The van der Waals surface area contributed by atoms with E-state index < -0.39 is 17.3 Å². The largest absolute Gasteiger partial charge is 0.493 e. The number of benzene rings is 3. The maximum atomic E-state index is 13.5. The number of carbonyl (C=O) groups is 2. The zero-order valence-corrected chi connectivity index (χ0v) is 19.8. The number of carbonyl (C=O) groups excluding carboxylic acids is 1. The van der Waals surface area contributed by atoms with E-state index in [1.807, 2.05) is 30.3 Å². The highest BCUT2D eigenvalue weighted by atomic mass is 16.5. The summed E-state index contributed by atoms with van der Waals surface area (Å²) in [6.07, 6.45) is 1.42. The molecule has 4 rings (SSSR count). The highest BCUT2D eigenvalue weighted by molar-refractivity contribution is 6.01. The number of carboxylic acids is 1. The van der Waals surface area contributed by atoms with Crippen molar-refractivity contribution in [1.29, 1.82) is 0 Å². The van der Waals surface area contributed by atoms with E-state index in [0.29, 0.717) is 36.5 Å². The second-order valence-electron chi connectivity index (χ2n) is 9.12. The van der Waals surface area contributed by atoms with Crippen LogP contribution < -0.4 is 9.47 Å². The highest BCUT2D eigenvalue weighted by Gasteiger charge is 2.50. The Balaban J connectivity index is 1.54. The Labute approximate surface area is 200 Å². The average Bonchev–Trinajstić information content (AvgIpc) is 3.24. The van der Waals surface area contributed by atoms with Gasteiger partial charge >= 0.3 is 5.97 Å². The molecule has 0 aromatic heterocycles. The lowest BCUT2D eigenvalue weighted by Gasteiger charge is -2.30. The molecule has 1 atom stereocenters. The first-order valence-corrected chi connectivity index (χ1v) is 11.5. The predicted molar refractivity (Wildman–Crippen MR) is 131 cm³/mol. The smallest absolute Gasteiger partial charge is 0.311 e. The first-order valence-electron chi connectivity index (χ1n) is 11.5. The quantitative estimate of drug-likeness (QED) is 0.440. The van der Waals surface area contributed by atoms with Crippen molar-refractivity contribution in [1.82, 2.24) is 0 Å². The molecule has 0 saturated heterocycles. The van der Waals surface area contributed by atoms with E-state index >= 15 is 0 Å². The zero-order chi connectivity index (χ0) is 24.3. The van der Waals surface area contributed by atoms with Gasteiger partial charge in [-0.25, -0.2) is 0 Å². The Morgan fingerprint density at radius 2 is 1.68 bits per heavy atom. The fourth-order valence-corrected chi connectivity index (χ4v) is 4.88. The summed E-state index contributed by atoms with van der Waals surface area (Å²) in [5.41, 5.74) is 3.63. The average molecular weight is 459 g/mol. The van der Waals surface area contributed by atoms with E-state index in [1.165, 1.54) is 11.1 Å². The normalized spacial score (nSPS) is 14.8. The molecule has 0 amide bonds. The number of methoxy groups -OCH3 is 1. The molecule has 0 bridgehead atoms. The van der Waals surface area contributed by atoms with Crippen LogP contribution >= 0.6 is 0 Å². The van der Waals surface area contributed by atoms with Crippen LogP contribution in [-0.2, 0) is 24.1 Å². The van der Waals surface area contributed by atoms with Crippen molar-refractivity contribution in [3.63, 3.8) is 0 Å². The van der Waals surface area contributed by atoms with Crippen molar-refractivity contribution in [2.45, 2.75) is 33.1 Å². The van der Waals surface area contributed by atoms with Gasteiger partial charge in [0, 0.05) is 17.9 Å². The van der Waals surface area contributed by atoms with Gasteiger partial charge in [-0.1, -0.05) is 61.0 Å². The third-order valence-electron chi connectivity index (χ3n) is 6.96. The predicted octanol–water partition coefficient (Wildman–Crippen LogP) is 5.31. The fourth-order valence-electron chi connectivity index (χ4n) is 4.88. The van der Waals surface area contributed by atoms with Gasteiger partial charge in [0.15, 0.2) is 17.3 Å². The van der Waals surface area contributed by atoms with Crippen molar-refractivity contribution >= 4 is 11.8 Å².